The molecule has 1 N–H and O–H groups in total. The quantitative estimate of drug-likeness (QED) is 0.838. The lowest BCUT2D eigenvalue weighted by Gasteiger charge is -2.03. The summed E-state index contributed by atoms with van der Waals surface area (Å²) in [5, 5.41) is 10.5. The van der Waals surface area contributed by atoms with Crippen molar-refractivity contribution < 1.29 is 5.11 Å². The molecule has 0 radical (unpaired) electrons. The minimum Gasteiger partial charge on any atom is -0.507 e. The average Bonchev–Trinajstić information content (AvgIpc) is 2.22. The van der Waals surface area contributed by atoms with Gasteiger partial charge in [-0.15, -0.1) is 0 Å². The normalized spacial score (nSPS) is 10.2. The Morgan fingerprint density at radius 1 is 1.07 bits per heavy atom. The molecule has 2 nitrogen and oxygen atoms in total. The molecule has 2 rings (SSSR count). The van der Waals surface area contributed by atoms with Crippen molar-refractivity contribution in [2.24, 2.45) is 0 Å². The van der Waals surface area contributed by atoms with Crippen molar-refractivity contribution >= 4 is 11.8 Å². The van der Waals surface area contributed by atoms with Crippen LogP contribution in [0.5, 0.6) is 5.75 Å². The Labute approximate surface area is 93.0 Å². The SMILES string of the molecule is Cc1cccc(Sc2ccccc2O)n1. The first kappa shape index (κ1) is 10.1. The van der Waals surface area contributed by atoms with Gasteiger partial charge in [-0.2, -0.15) is 0 Å². The van der Waals surface area contributed by atoms with E-state index in [4.69, 9.17) is 0 Å². The third-order valence-corrected chi connectivity index (χ3v) is 2.94. The number of aromatic hydroxyl groups is 1. The number of aromatic nitrogens is 1. The Morgan fingerprint density at radius 2 is 1.87 bits per heavy atom. The zero-order chi connectivity index (χ0) is 10.7. The number of phenols is 1. The standard InChI is InChI=1S/C12H11NOS/c1-9-5-4-8-12(13-9)15-11-7-3-2-6-10(11)14/h2-8,14H,1H3. The van der Waals surface area contributed by atoms with Gasteiger partial charge in [0.05, 0.1) is 4.90 Å². The van der Waals surface area contributed by atoms with E-state index in [1.54, 1.807) is 6.07 Å². The van der Waals surface area contributed by atoms with Crippen LogP contribution < -0.4 is 0 Å². The first-order valence-corrected chi connectivity index (χ1v) is 5.47. The van der Waals surface area contributed by atoms with Crippen molar-refractivity contribution in [2.45, 2.75) is 16.8 Å². The molecule has 0 aliphatic rings. The van der Waals surface area contributed by atoms with Gasteiger partial charge in [0.1, 0.15) is 10.8 Å². The van der Waals surface area contributed by atoms with Gasteiger partial charge in [0.15, 0.2) is 0 Å². The van der Waals surface area contributed by atoms with Gasteiger partial charge in [0.2, 0.25) is 0 Å². The largest absolute Gasteiger partial charge is 0.507 e. The third-order valence-electron chi connectivity index (χ3n) is 1.94. The second-order valence-electron chi connectivity index (χ2n) is 3.19. The lowest BCUT2D eigenvalue weighted by atomic mass is 10.3. The molecule has 0 atom stereocenters. The lowest BCUT2D eigenvalue weighted by Crippen LogP contribution is -1.83. The van der Waals surface area contributed by atoms with E-state index in [0.717, 1.165) is 15.6 Å². The maximum Gasteiger partial charge on any atom is 0.129 e. The monoisotopic (exact) mass is 217 g/mol. The number of hydrogen-bond acceptors (Lipinski definition) is 3. The number of nitrogens with zero attached hydrogens (tertiary/aromatic N) is 1. The molecule has 1 aromatic carbocycles. The fourth-order valence-corrected chi connectivity index (χ4v) is 2.11. The van der Waals surface area contributed by atoms with Gasteiger partial charge in [0.25, 0.3) is 0 Å². The summed E-state index contributed by atoms with van der Waals surface area (Å²) in [7, 11) is 0. The van der Waals surface area contributed by atoms with Gasteiger partial charge in [0, 0.05) is 5.69 Å². The molecule has 0 amide bonds. The van der Waals surface area contributed by atoms with E-state index in [1.165, 1.54) is 11.8 Å². The molecular weight excluding hydrogens is 206 g/mol. The molecule has 2 aromatic rings. The van der Waals surface area contributed by atoms with Gasteiger partial charge >= 0.3 is 0 Å². The van der Waals surface area contributed by atoms with Gasteiger partial charge < -0.3 is 5.11 Å². The van der Waals surface area contributed by atoms with Crippen molar-refractivity contribution in [3.63, 3.8) is 0 Å². The Morgan fingerprint density at radius 3 is 2.60 bits per heavy atom. The van der Waals surface area contributed by atoms with E-state index in [2.05, 4.69) is 4.98 Å². The van der Waals surface area contributed by atoms with Crippen LogP contribution in [0.1, 0.15) is 5.69 Å². The molecule has 0 saturated carbocycles. The smallest absolute Gasteiger partial charge is 0.129 e. The van der Waals surface area contributed by atoms with Crippen LogP contribution in [0.25, 0.3) is 0 Å². The molecule has 0 aliphatic heterocycles. The average molecular weight is 217 g/mol. The van der Waals surface area contributed by atoms with Gasteiger partial charge in [-0.1, -0.05) is 30.0 Å². The number of phenolic OH excluding ortho intramolecular Hbond substituents is 1. The fraction of sp³-hybridized carbons (Fsp3) is 0.0833. The van der Waals surface area contributed by atoms with Crippen LogP contribution >= 0.6 is 11.8 Å². The van der Waals surface area contributed by atoms with E-state index < -0.39 is 0 Å². The Balaban J connectivity index is 2.26. The van der Waals surface area contributed by atoms with E-state index in [1.807, 2.05) is 43.3 Å². The fourth-order valence-electron chi connectivity index (χ4n) is 1.23. The van der Waals surface area contributed by atoms with Gasteiger partial charge in [-0.3, -0.25) is 0 Å². The molecule has 1 heterocycles. The highest BCUT2D eigenvalue weighted by atomic mass is 32.2. The second kappa shape index (κ2) is 4.36. The van der Waals surface area contributed by atoms with E-state index in [-0.39, 0.29) is 0 Å². The highest BCUT2D eigenvalue weighted by Crippen LogP contribution is 2.32. The Hall–Kier alpha value is -1.48. The molecule has 0 saturated heterocycles. The number of rotatable bonds is 2. The van der Waals surface area contributed by atoms with Crippen LogP contribution in [0, 0.1) is 6.92 Å². The van der Waals surface area contributed by atoms with Crippen molar-refractivity contribution in [1.29, 1.82) is 0 Å². The van der Waals surface area contributed by atoms with Crippen LogP contribution in [-0.4, -0.2) is 10.1 Å². The lowest BCUT2D eigenvalue weighted by molar-refractivity contribution is 0.462. The van der Waals surface area contributed by atoms with Gasteiger partial charge in [-0.25, -0.2) is 4.98 Å². The summed E-state index contributed by atoms with van der Waals surface area (Å²) < 4.78 is 0. The molecule has 76 valence electrons. The van der Waals surface area contributed by atoms with Crippen LogP contribution in [0.2, 0.25) is 0 Å². The highest BCUT2D eigenvalue weighted by molar-refractivity contribution is 7.99. The predicted molar refractivity (Wildman–Crippen MR) is 61.2 cm³/mol. The van der Waals surface area contributed by atoms with E-state index in [9.17, 15) is 5.11 Å². The third kappa shape index (κ3) is 2.50. The molecule has 0 bridgehead atoms. The summed E-state index contributed by atoms with van der Waals surface area (Å²) in [4.78, 5) is 5.19. The predicted octanol–water partition coefficient (Wildman–Crippen LogP) is 3.25. The van der Waals surface area contributed by atoms with E-state index >= 15 is 0 Å². The number of para-hydroxylation sites is 1. The zero-order valence-electron chi connectivity index (χ0n) is 8.34. The number of hydrogen-bond donors (Lipinski definition) is 1. The summed E-state index contributed by atoms with van der Waals surface area (Å²) >= 11 is 1.47. The number of pyridine rings is 1. The summed E-state index contributed by atoms with van der Waals surface area (Å²) in [6.45, 7) is 1.95. The van der Waals surface area contributed by atoms with Crippen molar-refractivity contribution in [3.8, 4) is 5.75 Å². The first-order valence-electron chi connectivity index (χ1n) is 4.65. The van der Waals surface area contributed by atoms with Gasteiger partial charge in [-0.05, 0) is 31.2 Å². The molecule has 15 heavy (non-hydrogen) atoms. The topological polar surface area (TPSA) is 33.1 Å². The summed E-state index contributed by atoms with van der Waals surface area (Å²) in [6, 6.07) is 13.1. The summed E-state index contributed by atoms with van der Waals surface area (Å²) in [5.74, 6) is 0.297. The van der Waals surface area contributed by atoms with Crippen LogP contribution in [0.15, 0.2) is 52.4 Å². The second-order valence-corrected chi connectivity index (χ2v) is 4.25. The highest BCUT2D eigenvalue weighted by Gasteiger charge is 2.02. The molecule has 0 fully saturated rings. The van der Waals surface area contributed by atoms with E-state index in [0.29, 0.717) is 5.75 Å². The first-order chi connectivity index (χ1) is 7.25. The maximum atomic E-state index is 9.59. The van der Waals surface area contributed by atoms with Crippen LogP contribution in [-0.2, 0) is 0 Å². The molecule has 0 unspecified atom stereocenters. The van der Waals surface area contributed by atoms with Crippen molar-refractivity contribution in [1.82, 2.24) is 4.98 Å². The Bertz CT molecular complexity index is 471. The van der Waals surface area contributed by atoms with Crippen LogP contribution in [0.4, 0.5) is 0 Å². The molecular formula is C12H11NOS. The minimum absolute atomic E-state index is 0.297. The molecule has 0 aliphatic carbocycles. The minimum atomic E-state index is 0.297. The summed E-state index contributed by atoms with van der Waals surface area (Å²) in [6.07, 6.45) is 0. The zero-order valence-corrected chi connectivity index (χ0v) is 9.16. The molecule has 0 spiro atoms. The molecule has 1 aromatic heterocycles. The Kier molecular flexibility index (Phi) is 2.92. The maximum absolute atomic E-state index is 9.59. The number of benzene rings is 1. The van der Waals surface area contributed by atoms with Crippen LogP contribution in [0.3, 0.4) is 0 Å². The summed E-state index contributed by atoms with van der Waals surface area (Å²) in [5.41, 5.74) is 0.982. The van der Waals surface area contributed by atoms with Crippen molar-refractivity contribution in [2.75, 3.05) is 0 Å². The molecule has 3 heteroatoms. The number of aryl methyl sites for hydroxylation is 1. The van der Waals surface area contributed by atoms with Crippen molar-refractivity contribution in [3.05, 3.63) is 48.2 Å².